The molecular formula is C29H27Cl2NO6. The topological polar surface area (TPSA) is 85.3 Å². The number of carbonyl (C=O) groups is 2. The van der Waals surface area contributed by atoms with Crippen molar-refractivity contribution in [2.75, 3.05) is 18.6 Å². The van der Waals surface area contributed by atoms with Crippen molar-refractivity contribution in [1.82, 2.24) is 0 Å². The van der Waals surface area contributed by atoms with E-state index < -0.39 is 23.5 Å². The van der Waals surface area contributed by atoms with Crippen molar-refractivity contribution in [2.45, 2.75) is 32.9 Å². The Labute approximate surface area is 231 Å². The molecule has 0 spiro atoms. The van der Waals surface area contributed by atoms with Gasteiger partial charge in [-0.2, -0.15) is 0 Å². The Kier molecular flexibility index (Phi) is 8.19. The van der Waals surface area contributed by atoms with Crippen molar-refractivity contribution in [3.05, 3.63) is 87.4 Å². The highest BCUT2D eigenvalue weighted by atomic mass is 35.5. The SMILES string of the molecule is CCOc1cccc(N2C(=O)C(=O)/C(=C(/O)c3cc(Cl)cc(Cl)c3OC)C2c2cccc(OC(C)C)c2)c1. The van der Waals surface area contributed by atoms with Crippen LogP contribution in [-0.2, 0) is 9.59 Å². The van der Waals surface area contributed by atoms with Gasteiger partial charge in [0.15, 0.2) is 0 Å². The number of aliphatic hydroxyl groups is 1. The largest absolute Gasteiger partial charge is 0.507 e. The Morgan fingerprint density at radius 2 is 1.74 bits per heavy atom. The molecule has 3 aromatic carbocycles. The Hall–Kier alpha value is -3.68. The van der Waals surface area contributed by atoms with Crippen LogP contribution in [0.3, 0.4) is 0 Å². The predicted octanol–water partition coefficient (Wildman–Crippen LogP) is 6.81. The predicted molar refractivity (Wildman–Crippen MR) is 148 cm³/mol. The fourth-order valence-electron chi connectivity index (χ4n) is 4.42. The first kappa shape index (κ1) is 27.4. The monoisotopic (exact) mass is 555 g/mol. The standard InChI is InChI=1S/C29H27Cl2NO6/c1-5-37-20-10-7-9-19(15-20)32-25(17-8-6-11-21(12-17)38-16(2)3)24(27(34)29(32)35)26(33)22-13-18(30)14-23(31)28(22)36-4/h6-16,25,33H,5H2,1-4H3/b26-24+. The number of amides is 1. The van der Waals surface area contributed by atoms with Crippen molar-refractivity contribution in [3.63, 3.8) is 0 Å². The molecule has 3 aromatic rings. The summed E-state index contributed by atoms with van der Waals surface area (Å²) >= 11 is 12.5. The van der Waals surface area contributed by atoms with Crippen LogP contribution in [0.5, 0.6) is 17.2 Å². The number of methoxy groups -OCH3 is 1. The van der Waals surface area contributed by atoms with Gasteiger partial charge in [-0.05, 0) is 62.7 Å². The van der Waals surface area contributed by atoms with E-state index in [-0.39, 0.29) is 33.0 Å². The van der Waals surface area contributed by atoms with Crippen LogP contribution in [0.15, 0.2) is 66.2 Å². The number of anilines is 1. The molecule has 1 heterocycles. The Bertz CT molecular complexity index is 1420. The molecule has 1 N–H and O–H groups in total. The number of ether oxygens (including phenoxy) is 3. The van der Waals surface area contributed by atoms with Crippen LogP contribution < -0.4 is 19.1 Å². The number of nitrogens with zero attached hydrogens (tertiary/aromatic N) is 1. The van der Waals surface area contributed by atoms with Gasteiger partial charge < -0.3 is 19.3 Å². The second kappa shape index (κ2) is 11.4. The third-order valence-corrected chi connectivity index (χ3v) is 6.36. The van der Waals surface area contributed by atoms with E-state index in [4.69, 9.17) is 37.4 Å². The van der Waals surface area contributed by atoms with Gasteiger partial charge in [0.1, 0.15) is 23.0 Å². The fraction of sp³-hybridized carbons (Fsp3) is 0.241. The van der Waals surface area contributed by atoms with Crippen molar-refractivity contribution >= 4 is 46.3 Å². The third kappa shape index (κ3) is 5.30. The van der Waals surface area contributed by atoms with E-state index in [1.807, 2.05) is 20.8 Å². The van der Waals surface area contributed by atoms with E-state index >= 15 is 0 Å². The maximum Gasteiger partial charge on any atom is 0.300 e. The zero-order chi connectivity index (χ0) is 27.6. The quantitative estimate of drug-likeness (QED) is 0.186. The summed E-state index contributed by atoms with van der Waals surface area (Å²) in [5, 5.41) is 11.9. The molecule has 0 aromatic heterocycles. The van der Waals surface area contributed by atoms with Gasteiger partial charge in [-0.3, -0.25) is 14.5 Å². The smallest absolute Gasteiger partial charge is 0.300 e. The molecule has 0 radical (unpaired) electrons. The van der Waals surface area contributed by atoms with Gasteiger partial charge in [0.2, 0.25) is 0 Å². The first-order valence-electron chi connectivity index (χ1n) is 12.0. The number of rotatable bonds is 8. The molecule has 7 nitrogen and oxygen atoms in total. The molecule has 9 heteroatoms. The van der Waals surface area contributed by atoms with Gasteiger partial charge in [0.25, 0.3) is 11.7 Å². The summed E-state index contributed by atoms with van der Waals surface area (Å²) < 4.78 is 16.9. The summed E-state index contributed by atoms with van der Waals surface area (Å²) in [7, 11) is 1.38. The van der Waals surface area contributed by atoms with Gasteiger partial charge in [-0.15, -0.1) is 0 Å². The number of hydrogen-bond donors (Lipinski definition) is 1. The first-order valence-corrected chi connectivity index (χ1v) is 12.8. The van der Waals surface area contributed by atoms with Crippen LogP contribution in [0.2, 0.25) is 10.0 Å². The number of benzene rings is 3. The second-order valence-electron chi connectivity index (χ2n) is 8.81. The van der Waals surface area contributed by atoms with Gasteiger partial charge >= 0.3 is 0 Å². The average Bonchev–Trinajstić information content (AvgIpc) is 3.13. The lowest BCUT2D eigenvalue weighted by atomic mass is 9.94. The van der Waals surface area contributed by atoms with Crippen molar-refractivity contribution < 1.29 is 28.9 Å². The van der Waals surface area contributed by atoms with E-state index in [0.29, 0.717) is 29.4 Å². The summed E-state index contributed by atoms with van der Waals surface area (Å²) in [5.74, 6) is -0.947. The highest BCUT2D eigenvalue weighted by Gasteiger charge is 2.47. The summed E-state index contributed by atoms with van der Waals surface area (Å²) in [6.45, 7) is 6.07. The molecule has 198 valence electrons. The molecule has 1 amide bonds. The molecule has 0 bridgehead atoms. The number of hydrogen-bond acceptors (Lipinski definition) is 6. The lowest BCUT2D eigenvalue weighted by molar-refractivity contribution is -0.132. The molecule has 1 atom stereocenters. The first-order chi connectivity index (χ1) is 18.2. The molecule has 0 aliphatic carbocycles. The summed E-state index contributed by atoms with van der Waals surface area (Å²) in [4.78, 5) is 28.4. The summed E-state index contributed by atoms with van der Waals surface area (Å²) in [6, 6.07) is 15.8. The third-order valence-electron chi connectivity index (χ3n) is 5.86. The highest BCUT2D eigenvalue weighted by Crippen LogP contribution is 2.45. The molecule has 1 aliphatic heterocycles. The van der Waals surface area contributed by atoms with Crippen molar-refractivity contribution in [1.29, 1.82) is 0 Å². The van der Waals surface area contributed by atoms with Crippen molar-refractivity contribution in [2.24, 2.45) is 0 Å². The van der Waals surface area contributed by atoms with Gasteiger partial charge in [0.05, 0.1) is 42.0 Å². The number of halogens is 2. The zero-order valence-electron chi connectivity index (χ0n) is 21.3. The minimum Gasteiger partial charge on any atom is -0.507 e. The number of carbonyl (C=O) groups excluding carboxylic acids is 2. The Morgan fingerprint density at radius 1 is 1.03 bits per heavy atom. The van der Waals surface area contributed by atoms with Gasteiger partial charge in [-0.25, -0.2) is 0 Å². The molecule has 38 heavy (non-hydrogen) atoms. The van der Waals surface area contributed by atoms with Crippen LogP contribution >= 0.6 is 23.2 Å². The van der Waals surface area contributed by atoms with Crippen LogP contribution in [-0.4, -0.2) is 36.6 Å². The maximum absolute atomic E-state index is 13.6. The van der Waals surface area contributed by atoms with E-state index in [2.05, 4.69) is 0 Å². The zero-order valence-corrected chi connectivity index (χ0v) is 22.8. The van der Waals surface area contributed by atoms with E-state index in [1.54, 1.807) is 48.5 Å². The number of Topliss-reactive ketones (excluding diaryl/α,β-unsaturated/α-hetero) is 1. The molecule has 1 saturated heterocycles. The second-order valence-corrected chi connectivity index (χ2v) is 9.65. The summed E-state index contributed by atoms with van der Waals surface area (Å²) in [6.07, 6.45) is -0.0997. The maximum atomic E-state index is 13.6. The normalized spacial score (nSPS) is 16.7. The number of ketones is 1. The fourth-order valence-corrected chi connectivity index (χ4v) is 4.99. The molecule has 1 fully saturated rings. The van der Waals surface area contributed by atoms with Crippen LogP contribution in [0.4, 0.5) is 5.69 Å². The lowest BCUT2D eigenvalue weighted by Gasteiger charge is -2.26. The summed E-state index contributed by atoms with van der Waals surface area (Å²) in [5.41, 5.74) is 0.923. The Morgan fingerprint density at radius 3 is 2.42 bits per heavy atom. The van der Waals surface area contributed by atoms with Crippen LogP contribution in [0.25, 0.3) is 5.76 Å². The molecule has 0 saturated carbocycles. The van der Waals surface area contributed by atoms with E-state index in [0.717, 1.165) is 0 Å². The van der Waals surface area contributed by atoms with Crippen LogP contribution in [0, 0.1) is 0 Å². The molecule has 1 unspecified atom stereocenters. The molecular weight excluding hydrogens is 529 g/mol. The van der Waals surface area contributed by atoms with Gasteiger partial charge in [0, 0.05) is 16.8 Å². The average molecular weight is 556 g/mol. The van der Waals surface area contributed by atoms with Crippen molar-refractivity contribution in [3.8, 4) is 17.2 Å². The minimum atomic E-state index is -0.995. The molecule has 4 rings (SSSR count). The minimum absolute atomic E-state index is 0.0886. The molecule has 1 aliphatic rings. The lowest BCUT2D eigenvalue weighted by Crippen LogP contribution is -2.29. The van der Waals surface area contributed by atoms with Gasteiger partial charge in [-0.1, -0.05) is 41.4 Å². The number of aliphatic hydroxyl groups excluding tert-OH is 1. The highest BCUT2D eigenvalue weighted by molar-refractivity contribution is 6.52. The van der Waals surface area contributed by atoms with E-state index in [9.17, 15) is 14.7 Å². The Balaban J connectivity index is 1.99. The van der Waals surface area contributed by atoms with E-state index in [1.165, 1.54) is 24.1 Å². The van der Waals surface area contributed by atoms with Crippen LogP contribution in [0.1, 0.15) is 37.9 Å².